The topological polar surface area (TPSA) is 78.4 Å². The third-order valence-corrected chi connectivity index (χ3v) is 2.52. The Morgan fingerprint density at radius 2 is 1.88 bits per heavy atom. The van der Waals surface area contributed by atoms with Gasteiger partial charge in [-0.15, -0.1) is 0 Å². The summed E-state index contributed by atoms with van der Waals surface area (Å²) >= 11 is 11.4. The highest BCUT2D eigenvalue weighted by Crippen LogP contribution is 2.24. The van der Waals surface area contributed by atoms with Gasteiger partial charge in [0.05, 0.1) is 16.7 Å². The van der Waals surface area contributed by atoms with Crippen molar-refractivity contribution in [3.05, 3.63) is 28.2 Å². The highest BCUT2D eigenvalue weighted by atomic mass is 35.5. The monoisotopic (exact) mass is 276 g/mol. The van der Waals surface area contributed by atoms with Gasteiger partial charge in [0.2, 0.25) is 0 Å². The van der Waals surface area contributed by atoms with E-state index in [4.69, 9.17) is 28.3 Å². The fourth-order valence-corrected chi connectivity index (χ4v) is 1.31. The van der Waals surface area contributed by atoms with Crippen molar-refractivity contribution >= 4 is 40.7 Å². The zero-order chi connectivity index (χ0) is 12.8. The summed E-state index contributed by atoms with van der Waals surface area (Å²) < 4.78 is 0. The molecule has 0 atom stereocenters. The lowest BCUT2D eigenvalue weighted by molar-refractivity contribution is -0.136. The van der Waals surface area contributed by atoms with E-state index in [1.807, 2.05) is 0 Å². The minimum atomic E-state index is -0.836. The van der Waals surface area contributed by atoms with Crippen LogP contribution in [0.4, 0.5) is 5.69 Å². The summed E-state index contributed by atoms with van der Waals surface area (Å²) in [6.07, 6.45) is 0. The molecule has 0 unspecified atom stereocenters. The van der Waals surface area contributed by atoms with Crippen molar-refractivity contribution in [1.82, 2.24) is 5.32 Å². The van der Waals surface area contributed by atoms with Gasteiger partial charge in [-0.05, 0) is 18.2 Å². The Labute approximate surface area is 108 Å². The van der Waals surface area contributed by atoms with Gasteiger partial charge in [-0.1, -0.05) is 23.2 Å². The summed E-state index contributed by atoms with van der Waals surface area (Å²) in [6, 6.07) is 4.46. The molecule has 0 saturated heterocycles. The zero-order valence-corrected chi connectivity index (χ0v) is 10.2. The Morgan fingerprint density at radius 1 is 1.18 bits per heavy atom. The minimum Gasteiger partial charge on any atom is -0.395 e. The molecular formula is C10H10Cl2N2O3. The Kier molecular flexibility index (Phi) is 5.21. The van der Waals surface area contributed by atoms with Crippen molar-refractivity contribution in [3.63, 3.8) is 0 Å². The highest BCUT2D eigenvalue weighted by molar-refractivity contribution is 6.42. The molecule has 0 saturated carbocycles. The van der Waals surface area contributed by atoms with E-state index in [1.165, 1.54) is 18.2 Å². The van der Waals surface area contributed by atoms with E-state index in [2.05, 4.69) is 10.6 Å². The van der Waals surface area contributed by atoms with E-state index in [0.29, 0.717) is 10.7 Å². The lowest BCUT2D eigenvalue weighted by Gasteiger charge is -2.06. The number of carbonyl (C=O) groups is 2. The average Bonchev–Trinajstić information content (AvgIpc) is 2.30. The van der Waals surface area contributed by atoms with Gasteiger partial charge in [-0.2, -0.15) is 0 Å². The molecular weight excluding hydrogens is 267 g/mol. The van der Waals surface area contributed by atoms with E-state index >= 15 is 0 Å². The Hall–Kier alpha value is -1.30. The molecule has 2 amide bonds. The Morgan fingerprint density at radius 3 is 2.47 bits per heavy atom. The molecule has 1 aromatic rings. The van der Waals surface area contributed by atoms with E-state index in [1.54, 1.807) is 0 Å². The third-order valence-electron chi connectivity index (χ3n) is 1.78. The molecule has 1 rings (SSSR count). The summed E-state index contributed by atoms with van der Waals surface area (Å²) in [5, 5.41) is 13.7. The quantitative estimate of drug-likeness (QED) is 0.722. The SMILES string of the molecule is O=C(NCCO)C(=O)Nc1ccc(Cl)c(Cl)c1. The van der Waals surface area contributed by atoms with Crippen LogP contribution in [0.5, 0.6) is 0 Å². The molecule has 7 heteroatoms. The molecule has 17 heavy (non-hydrogen) atoms. The van der Waals surface area contributed by atoms with Crippen molar-refractivity contribution in [3.8, 4) is 0 Å². The second-order valence-electron chi connectivity index (χ2n) is 3.06. The number of hydrogen-bond acceptors (Lipinski definition) is 3. The maximum absolute atomic E-state index is 11.3. The summed E-state index contributed by atoms with van der Waals surface area (Å²) in [5.41, 5.74) is 0.364. The fourth-order valence-electron chi connectivity index (χ4n) is 1.01. The van der Waals surface area contributed by atoms with Crippen molar-refractivity contribution in [2.45, 2.75) is 0 Å². The molecule has 0 aliphatic carbocycles. The van der Waals surface area contributed by atoms with Gasteiger partial charge in [0, 0.05) is 12.2 Å². The molecule has 0 radical (unpaired) electrons. The van der Waals surface area contributed by atoms with Crippen molar-refractivity contribution in [1.29, 1.82) is 0 Å². The number of carbonyl (C=O) groups excluding carboxylic acids is 2. The van der Waals surface area contributed by atoms with E-state index in [9.17, 15) is 9.59 Å². The molecule has 3 N–H and O–H groups in total. The molecule has 0 heterocycles. The largest absolute Gasteiger partial charge is 0.395 e. The average molecular weight is 277 g/mol. The van der Waals surface area contributed by atoms with Crippen molar-refractivity contribution in [2.24, 2.45) is 0 Å². The number of anilines is 1. The first-order chi connectivity index (χ1) is 8.04. The Balaban J connectivity index is 2.61. The van der Waals surface area contributed by atoms with E-state index < -0.39 is 11.8 Å². The normalized spacial score (nSPS) is 9.82. The number of amides is 2. The predicted octanol–water partition coefficient (Wildman–Crippen LogP) is 1.04. The van der Waals surface area contributed by atoms with Gasteiger partial charge < -0.3 is 15.7 Å². The highest BCUT2D eigenvalue weighted by Gasteiger charge is 2.13. The molecule has 0 aromatic heterocycles. The maximum Gasteiger partial charge on any atom is 0.313 e. The summed E-state index contributed by atoms with van der Waals surface area (Å²) in [4.78, 5) is 22.5. The molecule has 1 aromatic carbocycles. The van der Waals surface area contributed by atoms with Crippen LogP contribution in [0, 0.1) is 0 Å². The van der Waals surface area contributed by atoms with Crippen molar-refractivity contribution < 1.29 is 14.7 Å². The molecule has 0 fully saturated rings. The summed E-state index contributed by atoms with van der Waals surface area (Å²) in [5.74, 6) is -1.66. The van der Waals surface area contributed by atoms with Crippen LogP contribution in [-0.2, 0) is 9.59 Å². The number of rotatable bonds is 3. The van der Waals surface area contributed by atoms with Crippen LogP contribution in [0.15, 0.2) is 18.2 Å². The zero-order valence-electron chi connectivity index (χ0n) is 8.67. The number of hydrogen-bond donors (Lipinski definition) is 3. The number of aliphatic hydroxyl groups excluding tert-OH is 1. The minimum absolute atomic E-state index is 0.0215. The van der Waals surface area contributed by atoms with Gasteiger partial charge in [0.15, 0.2) is 0 Å². The molecule has 0 bridgehead atoms. The number of aliphatic hydroxyl groups is 1. The second kappa shape index (κ2) is 6.44. The molecule has 0 aliphatic heterocycles. The first kappa shape index (κ1) is 13.8. The van der Waals surface area contributed by atoms with Crippen LogP contribution in [0.3, 0.4) is 0 Å². The molecule has 5 nitrogen and oxygen atoms in total. The first-order valence-electron chi connectivity index (χ1n) is 4.69. The fraction of sp³-hybridized carbons (Fsp3) is 0.200. The van der Waals surface area contributed by atoms with Gasteiger partial charge in [-0.25, -0.2) is 0 Å². The maximum atomic E-state index is 11.3. The van der Waals surface area contributed by atoms with E-state index in [0.717, 1.165) is 0 Å². The van der Waals surface area contributed by atoms with Crippen molar-refractivity contribution in [2.75, 3.05) is 18.5 Å². The lowest BCUT2D eigenvalue weighted by Crippen LogP contribution is -2.36. The van der Waals surface area contributed by atoms with Crippen LogP contribution in [-0.4, -0.2) is 30.1 Å². The van der Waals surface area contributed by atoms with Crippen LogP contribution in [0.1, 0.15) is 0 Å². The standard InChI is InChI=1S/C10H10Cl2N2O3/c11-7-2-1-6(5-8(7)12)14-10(17)9(16)13-3-4-15/h1-2,5,15H,3-4H2,(H,13,16)(H,14,17). The second-order valence-corrected chi connectivity index (χ2v) is 3.88. The molecule has 0 aliphatic rings. The van der Waals surface area contributed by atoms with Crippen LogP contribution >= 0.6 is 23.2 Å². The lowest BCUT2D eigenvalue weighted by atomic mass is 10.3. The van der Waals surface area contributed by atoms with Gasteiger partial charge >= 0.3 is 11.8 Å². The molecule has 0 spiro atoms. The van der Waals surface area contributed by atoms with Gasteiger partial charge in [0.1, 0.15) is 0 Å². The van der Waals surface area contributed by atoms with Crippen LogP contribution < -0.4 is 10.6 Å². The smallest absolute Gasteiger partial charge is 0.313 e. The van der Waals surface area contributed by atoms with Crippen LogP contribution in [0.2, 0.25) is 10.0 Å². The summed E-state index contributed by atoms with van der Waals surface area (Å²) in [6.45, 7) is -0.209. The van der Waals surface area contributed by atoms with Gasteiger partial charge in [-0.3, -0.25) is 9.59 Å². The summed E-state index contributed by atoms with van der Waals surface area (Å²) in [7, 11) is 0. The number of nitrogens with one attached hydrogen (secondary N) is 2. The van der Waals surface area contributed by atoms with E-state index in [-0.39, 0.29) is 18.2 Å². The first-order valence-corrected chi connectivity index (χ1v) is 5.45. The Bertz CT molecular complexity index is 438. The number of halogens is 2. The van der Waals surface area contributed by atoms with Gasteiger partial charge in [0.25, 0.3) is 0 Å². The predicted molar refractivity (Wildman–Crippen MR) is 65.2 cm³/mol. The number of benzene rings is 1. The van der Waals surface area contributed by atoms with Crippen LogP contribution in [0.25, 0.3) is 0 Å². The third kappa shape index (κ3) is 4.22. The molecule has 92 valence electrons.